The first-order valence-corrected chi connectivity index (χ1v) is 4.00. The minimum Gasteiger partial charge on any atom is -0.759 e. The van der Waals surface area contributed by atoms with Crippen LogP contribution in [-0.4, -0.2) is 35.0 Å². The van der Waals surface area contributed by atoms with Crippen LogP contribution in [0, 0.1) is 0 Å². The molecule has 0 aliphatic rings. The van der Waals surface area contributed by atoms with E-state index in [4.69, 9.17) is 35.0 Å². The van der Waals surface area contributed by atoms with E-state index < -0.39 is 20.8 Å². The SMILES string of the molecule is O=S(=O)([O-])[O-].O=S(=O)([O-])[O-].[Ir+3].[NH4+]. The molecule has 12 heavy (non-hydrogen) atoms. The van der Waals surface area contributed by atoms with Gasteiger partial charge < -0.3 is 24.4 Å². The van der Waals surface area contributed by atoms with Gasteiger partial charge in [0.25, 0.3) is 0 Å². The van der Waals surface area contributed by atoms with Gasteiger partial charge in [0.05, 0.1) is 0 Å². The van der Waals surface area contributed by atoms with Crippen LogP contribution in [-0.2, 0) is 40.9 Å². The Kier molecular flexibility index (Phi) is 15.2. The Balaban J connectivity index is -0.0000000457. The van der Waals surface area contributed by atoms with E-state index in [1.54, 1.807) is 0 Å². The zero-order valence-corrected chi connectivity index (χ0v) is 9.44. The molecule has 0 heterocycles. The molecule has 4 N–H and O–H groups in total. The summed E-state index contributed by atoms with van der Waals surface area (Å²) in [7, 11) is -10.3. The third-order valence-corrected chi connectivity index (χ3v) is 0. The second-order valence-corrected chi connectivity index (χ2v) is 2.45. The fraction of sp³-hybridized carbons (Fsp3) is 0. The molecule has 0 radical (unpaired) electrons. The number of rotatable bonds is 0. The van der Waals surface area contributed by atoms with Gasteiger partial charge in [0.15, 0.2) is 0 Å². The first-order valence-electron chi connectivity index (χ1n) is 1.33. The molecule has 0 aromatic heterocycles. The summed E-state index contributed by atoms with van der Waals surface area (Å²) < 4.78 is 68.2. The molecule has 0 bridgehead atoms. The standard InChI is InChI=1S/Ir.H3N.2H2O4S/c;;2*1-5(2,3)4/h;1H3;2*(H2,1,2,3,4)/q+3;;;/p-3. The monoisotopic (exact) mass is 403 g/mol. The van der Waals surface area contributed by atoms with Crippen molar-refractivity contribution < 1.29 is 55.2 Å². The van der Waals surface area contributed by atoms with Gasteiger partial charge in [-0.15, -0.1) is 0 Å². The molecule has 12 heteroatoms. The van der Waals surface area contributed by atoms with E-state index in [1.807, 2.05) is 0 Å². The Labute approximate surface area is 82.3 Å². The molecule has 0 aromatic carbocycles. The zero-order chi connectivity index (χ0) is 9.00. The Morgan fingerprint density at radius 2 is 0.667 bits per heavy atom. The number of hydrogen-bond acceptors (Lipinski definition) is 8. The summed E-state index contributed by atoms with van der Waals surface area (Å²) in [4.78, 5) is 0. The van der Waals surface area contributed by atoms with Gasteiger partial charge in [0.2, 0.25) is 0 Å². The molecule has 0 aromatic rings. The van der Waals surface area contributed by atoms with Gasteiger partial charge in [0, 0.05) is 20.8 Å². The molecule has 0 unspecified atom stereocenters. The van der Waals surface area contributed by atoms with Crippen LogP contribution in [0.15, 0.2) is 0 Å². The molecule has 0 aliphatic carbocycles. The van der Waals surface area contributed by atoms with E-state index >= 15 is 0 Å². The summed E-state index contributed by atoms with van der Waals surface area (Å²) in [5.41, 5.74) is 0. The molecule has 78 valence electrons. The predicted molar refractivity (Wildman–Crippen MR) is 26.9 cm³/mol. The van der Waals surface area contributed by atoms with Crippen molar-refractivity contribution in [2.24, 2.45) is 0 Å². The van der Waals surface area contributed by atoms with Crippen LogP contribution in [0.5, 0.6) is 0 Å². The smallest absolute Gasteiger partial charge is 0.759 e. The van der Waals surface area contributed by atoms with Crippen molar-refractivity contribution >= 4 is 20.8 Å². The Morgan fingerprint density at radius 3 is 0.667 bits per heavy atom. The summed E-state index contributed by atoms with van der Waals surface area (Å²) in [6.07, 6.45) is 0. The van der Waals surface area contributed by atoms with E-state index in [1.165, 1.54) is 0 Å². The topological polar surface area (TPSA) is 197 Å². The van der Waals surface area contributed by atoms with Crippen LogP contribution in [0.2, 0.25) is 0 Å². The molecule has 9 nitrogen and oxygen atoms in total. The van der Waals surface area contributed by atoms with Crippen molar-refractivity contribution in [3.8, 4) is 0 Å². The minimum atomic E-state index is -5.17. The second kappa shape index (κ2) is 7.97. The maximum atomic E-state index is 8.52. The summed E-state index contributed by atoms with van der Waals surface area (Å²) >= 11 is 0. The maximum absolute atomic E-state index is 8.52. The molecule has 0 fully saturated rings. The van der Waals surface area contributed by atoms with E-state index in [0.29, 0.717) is 0 Å². The molecular weight excluding hydrogens is 398 g/mol. The average molecular weight is 402 g/mol. The van der Waals surface area contributed by atoms with Crippen LogP contribution in [0.1, 0.15) is 0 Å². The first kappa shape index (κ1) is 22.8. The molecule has 0 aliphatic heterocycles. The fourth-order valence-electron chi connectivity index (χ4n) is 0. The minimum absolute atomic E-state index is 0. The van der Waals surface area contributed by atoms with Gasteiger partial charge in [-0.05, 0) is 0 Å². The molecule has 0 saturated heterocycles. The van der Waals surface area contributed by atoms with Crippen LogP contribution in [0.3, 0.4) is 0 Å². The van der Waals surface area contributed by atoms with Crippen molar-refractivity contribution in [3.05, 3.63) is 0 Å². The van der Waals surface area contributed by atoms with Gasteiger partial charge in [-0.3, -0.25) is 16.8 Å². The number of hydrogen-bond donors (Lipinski definition) is 1. The van der Waals surface area contributed by atoms with Crippen LogP contribution < -0.4 is 6.15 Å². The van der Waals surface area contributed by atoms with E-state index in [0.717, 1.165) is 0 Å². The van der Waals surface area contributed by atoms with E-state index in [9.17, 15) is 0 Å². The molecule has 0 atom stereocenters. The van der Waals surface area contributed by atoms with Crippen molar-refractivity contribution in [2.75, 3.05) is 0 Å². The van der Waals surface area contributed by atoms with Crippen LogP contribution >= 0.6 is 0 Å². The first-order chi connectivity index (χ1) is 4.00. The van der Waals surface area contributed by atoms with E-state index in [-0.39, 0.29) is 26.3 Å². The summed E-state index contributed by atoms with van der Waals surface area (Å²) in [6.45, 7) is 0. The van der Waals surface area contributed by atoms with Gasteiger partial charge in [-0.2, -0.15) is 0 Å². The zero-order valence-electron chi connectivity index (χ0n) is 5.42. The van der Waals surface area contributed by atoms with Crippen molar-refractivity contribution in [1.29, 1.82) is 0 Å². The van der Waals surface area contributed by atoms with Gasteiger partial charge in [-0.1, -0.05) is 0 Å². The Bertz CT molecular complexity index is 213. The maximum Gasteiger partial charge on any atom is 3.00 e. The van der Waals surface area contributed by atoms with Crippen molar-refractivity contribution in [2.45, 2.75) is 0 Å². The largest absolute Gasteiger partial charge is 3.00 e. The average Bonchev–Trinajstić information content (AvgIpc) is 1.12. The third kappa shape index (κ3) is 7410. The summed E-state index contributed by atoms with van der Waals surface area (Å²) in [5, 5.41) is 0. The predicted octanol–water partition coefficient (Wildman–Crippen LogP) is -2.30. The van der Waals surface area contributed by atoms with Gasteiger partial charge in [-0.25, -0.2) is 0 Å². The van der Waals surface area contributed by atoms with Crippen molar-refractivity contribution in [3.63, 3.8) is 0 Å². The molecule has 0 saturated carbocycles. The normalized spacial score (nSPS) is 9.67. The summed E-state index contributed by atoms with van der Waals surface area (Å²) in [6, 6.07) is 0. The van der Waals surface area contributed by atoms with Crippen molar-refractivity contribution in [1.82, 2.24) is 6.15 Å². The molecule has 0 spiro atoms. The third-order valence-electron chi connectivity index (χ3n) is 0. The van der Waals surface area contributed by atoms with Crippen LogP contribution in [0.4, 0.5) is 0 Å². The van der Waals surface area contributed by atoms with Crippen LogP contribution in [0.25, 0.3) is 0 Å². The second-order valence-electron chi connectivity index (χ2n) is 0.816. The quantitative estimate of drug-likeness (QED) is 0.344. The molecular formula is H4IrNO8S2. The van der Waals surface area contributed by atoms with E-state index in [2.05, 4.69) is 0 Å². The van der Waals surface area contributed by atoms with Gasteiger partial charge >= 0.3 is 20.1 Å². The summed E-state index contributed by atoms with van der Waals surface area (Å²) in [5.74, 6) is 0. The van der Waals surface area contributed by atoms with Gasteiger partial charge in [0.1, 0.15) is 0 Å². The fourth-order valence-corrected chi connectivity index (χ4v) is 0. The molecule has 0 amide bonds. The Hall–Kier alpha value is 0.349. The Morgan fingerprint density at radius 1 is 0.667 bits per heavy atom. The molecule has 0 rings (SSSR count). The number of quaternary nitrogens is 1.